The Labute approximate surface area is 76.0 Å². The van der Waals surface area contributed by atoms with Gasteiger partial charge in [-0.1, -0.05) is 12.1 Å². The van der Waals surface area contributed by atoms with E-state index in [2.05, 4.69) is 5.10 Å². The van der Waals surface area contributed by atoms with Crippen LogP contribution in [0, 0.1) is 6.92 Å². The summed E-state index contributed by atoms with van der Waals surface area (Å²) in [6.07, 6.45) is 0.837. The summed E-state index contributed by atoms with van der Waals surface area (Å²) in [5.74, 6) is 0. The van der Waals surface area contributed by atoms with Crippen LogP contribution in [0.25, 0.3) is 10.9 Å². The number of carbonyl (C=O) groups is 1. The maximum absolute atomic E-state index is 10.5. The molecule has 0 bridgehead atoms. The van der Waals surface area contributed by atoms with E-state index in [0.717, 1.165) is 22.9 Å². The molecule has 2 rings (SSSR count). The van der Waals surface area contributed by atoms with Gasteiger partial charge in [0.15, 0.2) is 0 Å². The van der Waals surface area contributed by atoms with Crippen molar-refractivity contribution in [1.82, 2.24) is 9.78 Å². The predicted octanol–water partition coefficient (Wildman–Crippen LogP) is 1.69. The Kier molecular flexibility index (Phi) is 1.65. The zero-order valence-electron chi connectivity index (χ0n) is 7.61. The lowest BCUT2D eigenvalue weighted by molar-refractivity contribution is 0.112. The molecule has 0 saturated carbocycles. The lowest BCUT2D eigenvalue weighted by Crippen LogP contribution is -1.91. The molecule has 2 aromatic rings. The standard InChI is InChI=1S/C10H10N2O/c1-7-9-4-3-8(6-13)5-10(9)11-12(7)2/h3-6H,1-2H3. The van der Waals surface area contributed by atoms with Crippen molar-refractivity contribution in [3.05, 3.63) is 29.5 Å². The summed E-state index contributed by atoms with van der Waals surface area (Å²) in [6, 6.07) is 5.54. The van der Waals surface area contributed by atoms with E-state index in [9.17, 15) is 4.79 Å². The van der Waals surface area contributed by atoms with E-state index >= 15 is 0 Å². The van der Waals surface area contributed by atoms with Gasteiger partial charge in [0.2, 0.25) is 0 Å². The predicted molar refractivity (Wildman–Crippen MR) is 50.8 cm³/mol. The SMILES string of the molecule is Cc1c2ccc(C=O)cc2nn1C. The number of hydrogen-bond acceptors (Lipinski definition) is 2. The topological polar surface area (TPSA) is 34.9 Å². The van der Waals surface area contributed by atoms with Crippen LogP contribution in [0.15, 0.2) is 18.2 Å². The Bertz CT molecular complexity index is 471. The van der Waals surface area contributed by atoms with Gasteiger partial charge in [-0.05, 0) is 13.0 Å². The first-order valence-corrected chi connectivity index (χ1v) is 4.11. The highest BCUT2D eigenvalue weighted by molar-refractivity contribution is 5.87. The number of aromatic nitrogens is 2. The number of fused-ring (bicyclic) bond motifs is 1. The molecule has 0 saturated heterocycles. The number of nitrogens with zero attached hydrogens (tertiary/aromatic N) is 2. The van der Waals surface area contributed by atoms with Crippen LogP contribution < -0.4 is 0 Å². The van der Waals surface area contributed by atoms with E-state index in [1.165, 1.54) is 0 Å². The Morgan fingerprint density at radius 1 is 1.46 bits per heavy atom. The van der Waals surface area contributed by atoms with Crippen LogP contribution in [-0.2, 0) is 7.05 Å². The van der Waals surface area contributed by atoms with Crippen molar-refractivity contribution in [3.8, 4) is 0 Å². The highest BCUT2D eigenvalue weighted by atomic mass is 16.1. The average Bonchev–Trinajstić information content (AvgIpc) is 2.42. The Balaban J connectivity index is 2.79. The van der Waals surface area contributed by atoms with E-state index < -0.39 is 0 Å². The van der Waals surface area contributed by atoms with Gasteiger partial charge >= 0.3 is 0 Å². The maximum Gasteiger partial charge on any atom is 0.150 e. The first-order valence-electron chi connectivity index (χ1n) is 4.11. The molecule has 3 heteroatoms. The van der Waals surface area contributed by atoms with Gasteiger partial charge in [-0.25, -0.2) is 0 Å². The first kappa shape index (κ1) is 7.98. The summed E-state index contributed by atoms with van der Waals surface area (Å²) in [5, 5.41) is 5.38. The second-order valence-corrected chi connectivity index (χ2v) is 3.10. The number of benzene rings is 1. The molecule has 0 fully saturated rings. The highest BCUT2D eigenvalue weighted by Crippen LogP contribution is 2.17. The van der Waals surface area contributed by atoms with Crippen molar-refractivity contribution in [2.75, 3.05) is 0 Å². The summed E-state index contributed by atoms with van der Waals surface area (Å²) in [4.78, 5) is 10.5. The third-order valence-electron chi connectivity index (χ3n) is 2.29. The molecular weight excluding hydrogens is 164 g/mol. The Hall–Kier alpha value is -1.64. The largest absolute Gasteiger partial charge is 0.298 e. The molecule has 0 atom stereocenters. The van der Waals surface area contributed by atoms with Crippen molar-refractivity contribution in [2.24, 2.45) is 7.05 Å². The lowest BCUT2D eigenvalue weighted by atomic mass is 10.1. The zero-order valence-corrected chi connectivity index (χ0v) is 7.61. The van der Waals surface area contributed by atoms with Gasteiger partial charge in [-0.3, -0.25) is 9.48 Å². The van der Waals surface area contributed by atoms with Gasteiger partial charge in [0, 0.05) is 23.7 Å². The number of hydrogen-bond donors (Lipinski definition) is 0. The van der Waals surface area contributed by atoms with Gasteiger partial charge < -0.3 is 0 Å². The Morgan fingerprint density at radius 3 is 2.92 bits per heavy atom. The molecular formula is C10H10N2O. The number of aldehydes is 1. The normalized spacial score (nSPS) is 10.6. The molecule has 13 heavy (non-hydrogen) atoms. The summed E-state index contributed by atoms with van der Waals surface area (Å²) in [5.41, 5.74) is 2.67. The molecule has 0 radical (unpaired) electrons. The fourth-order valence-electron chi connectivity index (χ4n) is 1.42. The van der Waals surface area contributed by atoms with Gasteiger partial charge in [0.25, 0.3) is 0 Å². The minimum Gasteiger partial charge on any atom is -0.298 e. The van der Waals surface area contributed by atoms with Crippen LogP contribution in [-0.4, -0.2) is 16.1 Å². The van der Waals surface area contributed by atoms with Crippen LogP contribution in [0.4, 0.5) is 0 Å². The average molecular weight is 174 g/mol. The summed E-state index contributed by atoms with van der Waals surface area (Å²) in [6.45, 7) is 2.01. The monoisotopic (exact) mass is 174 g/mol. The minimum absolute atomic E-state index is 0.672. The van der Waals surface area contributed by atoms with Crippen molar-refractivity contribution < 1.29 is 4.79 Å². The molecule has 3 nitrogen and oxygen atoms in total. The van der Waals surface area contributed by atoms with Gasteiger partial charge in [0.1, 0.15) is 6.29 Å². The van der Waals surface area contributed by atoms with E-state index in [4.69, 9.17) is 0 Å². The lowest BCUT2D eigenvalue weighted by Gasteiger charge is -1.91. The van der Waals surface area contributed by atoms with Gasteiger partial charge in [-0.15, -0.1) is 0 Å². The molecule has 1 heterocycles. The quantitative estimate of drug-likeness (QED) is 0.617. The van der Waals surface area contributed by atoms with Crippen molar-refractivity contribution in [2.45, 2.75) is 6.92 Å². The van der Waals surface area contributed by atoms with Crippen LogP contribution in [0.1, 0.15) is 16.1 Å². The molecule has 0 N–H and O–H groups in total. The second kappa shape index (κ2) is 2.69. The second-order valence-electron chi connectivity index (χ2n) is 3.10. The molecule has 0 aliphatic carbocycles. The smallest absolute Gasteiger partial charge is 0.150 e. The summed E-state index contributed by atoms with van der Waals surface area (Å²) in [7, 11) is 1.90. The molecule has 1 aromatic carbocycles. The molecule has 0 spiro atoms. The molecule has 1 aromatic heterocycles. The van der Waals surface area contributed by atoms with Gasteiger partial charge in [-0.2, -0.15) is 5.10 Å². The minimum atomic E-state index is 0.672. The van der Waals surface area contributed by atoms with Gasteiger partial charge in [0.05, 0.1) is 5.52 Å². The van der Waals surface area contributed by atoms with Crippen LogP contribution >= 0.6 is 0 Å². The van der Waals surface area contributed by atoms with Crippen molar-refractivity contribution >= 4 is 17.2 Å². The number of aryl methyl sites for hydroxylation is 2. The third kappa shape index (κ3) is 1.13. The van der Waals surface area contributed by atoms with E-state index in [-0.39, 0.29) is 0 Å². The molecule has 0 unspecified atom stereocenters. The number of rotatable bonds is 1. The van der Waals surface area contributed by atoms with E-state index in [0.29, 0.717) is 5.56 Å². The van der Waals surface area contributed by atoms with E-state index in [1.54, 1.807) is 6.07 Å². The summed E-state index contributed by atoms with van der Waals surface area (Å²) >= 11 is 0. The van der Waals surface area contributed by atoms with Crippen LogP contribution in [0.2, 0.25) is 0 Å². The fraction of sp³-hybridized carbons (Fsp3) is 0.200. The highest BCUT2D eigenvalue weighted by Gasteiger charge is 2.04. The molecule has 0 aliphatic rings. The first-order chi connectivity index (χ1) is 6.22. The van der Waals surface area contributed by atoms with Crippen LogP contribution in [0.3, 0.4) is 0 Å². The molecule has 0 amide bonds. The zero-order chi connectivity index (χ0) is 9.42. The molecule has 0 aliphatic heterocycles. The van der Waals surface area contributed by atoms with Crippen molar-refractivity contribution in [1.29, 1.82) is 0 Å². The Morgan fingerprint density at radius 2 is 2.23 bits per heavy atom. The number of carbonyl (C=O) groups excluding carboxylic acids is 1. The van der Waals surface area contributed by atoms with Crippen molar-refractivity contribution in [3.63, 3.8) is 0 Å². The summed E-state index contributed by atoms with van der Waals surface area (Å²) < 4.78 is 1.82. The third-order valence-corrected chi connectivity index (χ3v) is 2.29. The fourth-order valence-corrected chi connectivity index (χ4v) is 1.42. The maximum atomic E-state index is 10.5. The van der Waals surface area contributed by atoms with Crippen LogP contribution in [0.5, 0.6) is 0 Å². The van der Waals surface area contributed by atoms with E-state index in [1.807, 2.05) is 30.8 Å². The molecule has 66 valence electrons.